The van der Waals surface area contributed by atoms with Crippen LogP contribution in [0.3, 0.4) is 0 Å². The van der Waals surface area contributed by atoms with Crippen molar-refractivity contribution in [1.29, 1.82) is 0 Å². The Morgan fingerprint density at radius 2 is 0.857 bits per heavy atom. The number of aliphatic hydroxyl groups excluding tert-OH is 2. The second-order valence-corrected chi connectivity index (χ2v) is 19.0. The Hall–Kier alpha value is -1.92. The van der Waals surface area contributed by atoms with Crippen LogP contribution in [0.1, 0.15) is 290 Å². The number of hydrogen-bond donors (Lipinski definition) is 3. The van der Waals surface area contributed by atoms with Gasteiger partial charge in [0.2, 0.25) is 5.91 Å². The minimum absolute atomic E-state index is 0.0712. The van der Waals surface area contributed by atoms with Gasteiger partial charge in [-0.15, -0.1) is 0 Å². The number of nitrogens with one attached hydrogen (secondary N) is 1. The number of unbranched alkanes of at least 4 members (excludes halogenated alkanes) is 32. The van der Waals surface area contributed by atoms with Gasteiger partial charge in [-0.3, -0.25) is 9.59 Å². The molecule has 0 aromatic rings. The summed E-state index contributed by atoms with van der Waals surface area (Å²) in [4.78, 5) is 26.2. The zero-order chi connectivity index (χ0) is 45.9. The normalized spacial score (nSPS) is 13.4. The van der Waals surface area contributed by atoms with Gasteiger partial charge in [0.1, 0.15) is 6.10 Å². The van der Waals surface area contributed by atoms with Crippen LogP contribution in [-0.2, 0) is 14.3 Å². The molecular formula is C57H107NO5. The monoisotopic (exact) mass is 886 g/mol. The minimum atomic E-state index is -0.790. The maximum atomic E-state index is 13.2. The fourth-order valence-corrected chi connectivity index (χ4v) is 8.52. The summed E-state index contributed by atoms with van der Waals surface area (Å²) in [5.41, 5.74) is 0. The van der Waals surface area contributed by atoms with Crippen molar-refractivity contribution >= 4 is 11.9 Å². The molecule has 3 unspecified atom stereocenters. The minimum Gasteiger partial charge on any atom is -0.462 e. The number of esters is 1. The summed E-state index contributed by atoms with van der Waals surface area (Å²) < 4.78 is 5.94. The van der Waals surface area contributed by atoms with E-state index >= 15 is 0 Å². The number of hydrogen-bond acceptors (Lipinski definition) is 5. The molecular weight excluding hydrogens is 779 g/mol. The second kappa shape index (κ2) is 51.1. The number of aliphatic hydroxyl groups is 2. The summed E-state index contributed by atoms with van der Waals surface area (Å²) >= 11 is 0. The van der Waals surface area contributed by atoms with Crippen LogP contribution in [-0.4, -0.2) is 46.9 Å². The molecule has 1 amide bonds. The Labute approximate surface area is 392 Å². The topological polar surface area (TPSA) is 95.9 Å². The fourth-order valence-electron chi connectivity index (χ4n) is 8.52. The zero-order valence-corrected chi connectivity index (χ0v) is 42.2. The molecule has 3 N–H and O–H groups in total. The molecule has 0 saturated carbocycles. The molecule has 0 aromatic carbocycles. The average molecular weight is 886 g/mol. The van der Waals surface area contributed by atoms with Gasteiger partial charge in [0.25, 0.3) is 0 Å². The van der Waals surface area contributed by atoms with Crippen LogP contribution in [0.25, 0.3) is 0 Å². The molecule has 0 aromatic heterocycles. The predicted octanol–water partition coefficient (Wildman–Crippen LogP) is 16.8. The van der Waals surface area contributed by atoms with Crippen molar-refractivity contribution in [3.63, 3.8) is 0 Å². The molecule has 0 aliphatic rings. The van der Waals surface area contributed by atoms with Crippen molar-refractivity contribution in [3.05, 3.63) is 36.5 Å². The largest absolute Gasteiger partial charge is 0.462 e. The van der Waals surface area contributed by atoms with E-state index < -0.39 is 18.2 Å². The molecule has 6 heteroatoms. The molecule has 0 bridgehead atoms. The number of carbonyl (C=O) groups is 2. The maximum Gasteiger partial charge on any atom is 0.306 e. The number of carbonyl (C=O) groups excluding carboxylic acids is 2. The van der Waals surface area contributed by atoms with Crippen LogP contribution in [0.4, 0.5) is 0 Å². The van der Waals surface area contributed by atoms with E-state index in [4.69, 9.17) is 4.74 Å². The lowest BCUT2D eigenvalue weighted by Gasteiger charge is -2.24. The van der Waals surface area contributed by atoms with Crippen molar-refractivity contribution in [2.45, 2.75) is 309 Å². The van der Waals surface area contributed by atoms with Crippen molar-refractivity contribution in [1.82, 2.24) is 5.32 Å². The lowest BCUT2D eigenvalue weighted by molar-refractivity contribution is -0.151. The lowest BCUT2D eigenvalue weighted by atomic mass is 10.0. The summed E-state index contributed by atoms with van der Waals surface area (Å²) in [5, 5.41) is 23.9. The molecule has 0 spiro atoms. The second-order valence-electron chi connectivity index (χ2n) is 19.0. The molecule has 0 radical (unpaired) electrons. The molecule has 370 valence electrons. The van der Waals surface area contributed by atoms with Gasteiger partial charge < -0.3 is 20.3 Å². The van der Waals surface area contributed by atoms with E-state index in [9.17, 15) is 19.8 Å². The standard InChI is InChI=1S/C57H107NO5/c1-4-7-10-13-16-19-22-25-27-28-29-31-34-37-40-43-46-49-55(60)54(52-59)58-56(61)51-53(48-45-42-39-36-33-30-24-21-18-15-12-9-6-3)63-57(62)50-47-44-41-38-35-32-26-23-20-17-14-11-8-5-2/h8,11,17,20-21,24,53-55,59-60H,4-7,9-10,12-16,18-19,22-23,25-52H2,1-3H3,(H,58,61)/b11-8+,20-17+,24-21-. The van der Waals surface area contributed by atoms with Crippen LogP contribution < -0.4 is 5.32 Å². The number of rotatable bonds is 50. The summed E-state index contributed by atoms with van der Waals surface area (Å²) in [6.07, 6.45) is 60.6. The molecule has 0 aliphatic carbocycles. The first kappa shape index (κ1) is 61.1. The van der Waals surface area contributed by atoms with Gasteiger partial charge in [-0.1, -0.05) is 237 Å². The first-order valence-electron chi connectivity index (χ1n) is 27.7. The molecule has 0 fully saturated rings. The molecule has 6 nitrogen and oxygen atoms in total. The quantitative estimate of drug-likeness (QED) is 0.0321. The summed E-state index contributed by atoms with van der Waals surface area (Å²) in [6, 6.07) is -0.704. The molecule has 0 rings (SSSR count). The van der Waals surface area contributed by atoms with Gasteiger partial charge in [0.15, 0.2) is 0 Å². The number of allylic oxidation sites excluding steroid dienone is 6. The van der Waals surface area contributed by atoms with E-state index in [1.807, 2.05) is 0 Å². The van der Waals surface area contributed by atoms with E-state index in [1.165, 1.54) is 167 Å². The first-order valence-corrected chi connectivity index (χ1v) is 27.7. The molecule has 0 aliphatic heterocycles. The third-order valence-electron chi connectivity index (χ3n) is 12.7. The van der Waals surface area contributed by atoms with Gasteiger partial charge in [-0.05, 0) is 77.0 Å². The first-order chi connectivity index (χ1) is 31.0. The van der Waals surface area contributed by atoms with Crippen LogP contribution in [0.15, 0.2) is 36.5 Å². The van der Waals surface area contributed by atoms with Gasteiger partial charge in [0.05, 0.1) is 25.2 Å². The van der Waals surface area contributed by atoms with E-state index in [1.54, 1.807) is 0 Å². The lowest BCUT2D eigenvalue weighted by Crippen LogP contribution is -2.46. The fraction of sp³-hybridized carbons (Fsp3) is 0.860. The Morgan fingerprint density at radius 1 is 0.476 bits per heavy atom. The summed E-state index contributed by atoms with van der Waals surface area (Å²) in [7, 11) is 0. The van der Waals surface area contributed by atoms with Crippen LogP contribution in [0, 0.1) is 0 Å². The predicted molar refractivity (Wildman–Crippen MR) is 273 cm³/mol. The van der Waals surface area contributed by atoms with Crippen LogP contribution in [0.2, 0.25) is 0 Å². The average Bonchev–Trinajstić information content (AvgIpc) is 3.28. The van der Waals surface area contributed by atoms with E-state index in [-0.39, 0.29) is 24.9 Å². The highest BCUT2D eigenvalue weighted by Crippen LogP contribution is 2.18. The van der Waals surface area contributed by atoms with Crippen molar-refractivity contribution < 1.29 is 24.5 Å². The molecule has 0 heterocycles. The van der Waals surface area contributed by atoms with Crippen LogP contribution >= 0.6 is 0 Å². The van der Waals surface area contributed by atoms with Crippen molar-refractivity contribution in [2.24, 2.45) is 0 Å². The number of ether oxygens (including phenoxy) is 1. The van der Waals surface area contributed by atoms with E-state index in [0.29, 0.717) is 19.3 Å². The Balaban J connectivity index is 4.50. The van der Waals surface area contributed by atoms with Crippen LogP contribution in [0.5, 0.6) is 0 Å². The smallest absolute Gasteiger partial charge is 0.306 e. The highest BCUT2D eigenvalue weighted by Gasteiger charge is 2.24. The zero-order valence-electron chi connectivity index (χ0n) is 42.2. The Morgan fingerprint density at radius 3 is 1.32 bits per heavy atom. The third-order valence-corrected chi connectivity index (χ3v) is 12.7. The van der Waals surface area contributed by atoms with Crippen molar-refractivity contribution in [2.75, 3.05) is 6.61 Å². The van der Waals surface area contributed by atoms with Crippen molar-refractivity contribution in [3.8, 4) is 0 Å². The Bertz CT molecular complexity index is 1040. The van der Waals surface area contributed by atoms with Gasteiger partial charge >= 0.3 is 5.97 Å². The molecule has 63 heavy (non-hydrogen) atoms. The summed E-state index contributed by atoms with van der Waals surface area (Å²) in [6.45, 7) is 6.39. The highest BCUT2D eigenvalue weighted by atomic mass is 16.5. The molecule has 3 atom stereocenters. The highest BCUT2D eigenvalue weighted by molar-refractivity contribution is 5.77. The van der Waals surface area contributed by atoms with E-state index in [2.05, 4.69) is 62.5 Å². The van der Waals surface area contributed by atoms with Gasteiger partial charge in [-0.2, -0.15) is 0 Å². The van der Waals surface area contributed by atoms with E-state index in [0.717, 1.165) is 77.0 Å². The summed E-state index contributed by atoms with van der Waals surface area (Å²) in [5.74, 6) is -0.481. The Kier molecular flexibility index (Phi) is 49.5. The molecule has 0 saturated heterocycles. The third kappa shape index (κ3) is 46.4. The maximum absolute atomic E-state index is 13.2. The van der Waals surface area contributed by atoms with Gasteiger partial charge in [-0.25, -0.2) is 0 Å². The SMILES string of the molecule is CC/C=C/C/C=C/CCCCCCCCCC(=O)OC(CCCCCCC/C=C\CCCCCC)CC(=O)NC(CO)C(O)CCCCCCCCCCCCCCCCCCC. The number of amides is 1. The van der Waals surface area contributed by atoms with Gasteiger partial charge in [0, 0.05) is 6.42 Å².